The molecule has 0 amide bonds. The molecule has 1 atom stereocenters. The second kappa shape index (κ2) is 5.73. The lowest BCUT2D eigenvalue weighted by atomic mass is 10.0. The fraction of sp³-hybridized carbons (Fsp3) is 0.462. The topological polar surface area (TPSA) is 27.0 Å². The summed E-state index contributed by atoms with van der Waals surface area (Å²) in [5, 5.41) is 10.4. The molecule has 17 heavy (non-hydrogen) atoms. The van der Waals surface area contributed by atoms with Crippen molar-refractivity contribution >= 4 is 23.2 Å². The summed E-state index contributed by atoms with van der Waals surface area (Å²) in [6.45, 7) is 1.97. The predicted molar refractivity (Wildman–Crippen MR) is 70.2 cm³/mol. The number of hydrogen-bond acceptors (Lipinski definition) is 2. The zero-order valence-electron chi connectivity index (χ0n) is 9.50. The Balaban J connectivity index is 2.22. The Kier molecular flexibility index (Phi) is 4.28. The highest BCUT2D eigenvalue weighted by molar-refractivity contribution is 6.42. The van der Waals surface area contributed by atoms with Crippen LogP contribution < -0.4 is 0 Å². The van der Waals surface area contributed by atoms with E-state index in [0.717, 1.165) is 18.7 Å². The minimum atomic E-state index is -0.204. The quantitative estimate of drug-likeness (QED) is 0.810. The van der Waals surface area contributed by atoms with Gasteiger partial charge in [0.2, 0.25) is 0 Å². The molecule has 4 heteroatoms. The van der Waals surface area contributed by atoms with Crippen LogP contribution in [0.25, 0.3) is 0 Å². The van der Waals surface area contributed by atoms with Crippen molar-refractivity contribution < 1.29 is 0 Å². The van der Waals surface area contributed by atoms with Gasteiger partial charge in [-0.05, 0) is 43.6 Å². The Morgan fingerprint density at radius 3 is 2.41 bits per heavy atom. The van der Waals surface area contributed by atoms with Gasteiger partial charge in [0.25, 0.3) is 0 Å². The third kappa shape index (κ3) is 2.93. The van der Waals surface area contributed by atoms with Crippen molar-refractivity contribution in [1.29, 1.82) is 5.26 Å². The summed E-state index contributed by atoms with van der Waals surface area (Å²) in [6, 6.07) is 7.60. The SMILES string of the molecule is N#CC(c1ccc(Cl)c(Cl)c1)N1CCCCC1. The van der Waals surface area contributed by atoms with Crippen LogP contribution in [0.2, 0.25) is 10.0 Å². The predicted octanol–water partition coefficient (Wildman–Crippen LogP) is 4.04. The van der Waals surface area contributed by atoms with Gasteiger partial charge < -0.3 is 0 Å². The zero-order valence-corrected chi connectivity index (χ0v) is 11.0. The molecule has 0 N–H and O–H groups in total. The maximum atomic E-state index is 9.32. The third-order valence-corrected chi connectivity index (χ3v) is 3.88. The van der Waals surface area contributed by atoms with Crippen molar-refractivity contribution in [2.75, 3.05) is 13.1 Å². The smallest absolute Gasteiger partial charge is 0.123 e. The number of rotatable bonds is 2. The largest absolute Gasteiger partial charge is 0.284 e. The van der Waals surface area contributed by atoms with E-state index in [1.165, 1.54) is 19.3 Å². The first kappa shape index (κ1) is 12.7. The summed E-state index contributed by atoms with van der Waals surface area (Å²) >= 11 is 11.9. The molecular weight excluding hydrogens is 255 g/mol. The molecule has 1 heterocycles. The average Bonchev–Trinajstić information content (AvgIpc) is 2.36. The molecule has 2 nitrogen and oxygen atoms in total. The van der Waals surface area contributed by atoms with Crippen LogP contribution in [0.1, 0.15) is 30.9 Å². The highest BCUT2D eigenvalue weighted by Gasteiger charge is 2.22. The van der Waals surface area contributed by atoms with Gasteiger partial charge >= 0.3 is 0 Å². The Morgan fingerprint density at radius 1 is 1.12 bits per heavy atom. The highest BCUT2D eigenvalue weighted by Crippen LogP contribution is 2.29. The van der Waals surface area contributed by atoms with Crippen LogP contribution in [-0.2, 0) is 0 Å². The minimum absolute atomic E-state index is 0.204. The van der Waals surface area contributed by atoms with Crippen LogP contribution in [0.4, 0.5) is 0 Å². The molecular formula is C13H14Cl2N2. The Bertz CT molecular complexity index is 434. The zero-order chi connectivity index (χ0) is 12.3. The molecule has 1 fully saturated rings. The van der Waals surface area contributed by atoms with Gasteiger partial charge in [-0.15, -0.1) is 0 Å². The van der Waals surface area contributed by atoms with Crippen LogP contribution in [-0.4, -0.2) is 18.0 Å². The molecule has 0 aromatic heterocycles. The molecule has 1 aliphatic rings. The van der Waals surface area contributed by atoms with Crippen molar-refractivity contribution in [2.45, 2.75) is 25.3 Å². The first-order valence-electron chi connectivity index (χ1n) is 5.81. The Morgan fingerprint density at radius 2 is 1.82 bits per heavy atom. The maximum absolute atomic E-state index is 9.32. The van der Waals surface area contributed by atoms with Gasteiger partial charge in [0.1, 0.15) is 6.04 Å². The van der Waals surface area contributed by atoms with Crippen molar-refractivity contribution in [1.82, 2.24) is 4.90 Å². The summed E-state index contributed by atoms with van der Waals surface area (Å²) in [7, 11) is 0. The van der Waals surface area contributed by atoms with Gasteiger partial charge in [-0.2, -0.15) is 5.26 Å². The van der Waals surface area contributed by atoms with Crippen molar-refractivity contribution in [2.24, 2.45) is 0 Å². The van der Waals surface area contributed by atoms with E-state index in [1.807, 2.05) is 6.07 Å². The molecule has 1 saturated heterocycles. The van der Waals surface area contributed by atoms with E-state index in [-0.39, 0.29) is 6.04 Å². The van der Waals surface area contributed by atoms with E-state index in [4.69, 9.17) is 23.2 Å². The molecule has 1 aliphatic heterocycles. The Hall–Kier alpha value is -0.750. The number of piperidine rings is 1. The number of likely N-dealkylation sites (tertiary alicyclic amines) is 1. The second-order valence-electron chi connectivity index (χ2n) is 4.30. The van der Waals surface area contributed by atoms with E-state index >= 15 is 0 Å². The number of benzene rings is 1. The van der Waals surface area contributed by atoms with E-state index in [2.05, 4.69) is 11.0 Å². The summed E-state index contributed by atoms with van der Waals surface area (Å²) in [5.74, 6) is 0. The molecule has 1 aromatic rings. The number of nitrogens with zero attached hydrogens (tertiary/aromatic N) is 2. The lowest BCUT2D eigenvalue weighted by Gasteiger charge is -2.30. The lowest BCUT2D eigenvalue weighted by molar-refractivity contribution is 0.196. The van der Waals surface area contributed by atoms with Gasteiger partial charge in [-0.3, -0.25) is 4.90 Å². The molecule has 1 unspecified atom stereocenters. The van der Waals surface area contributed by atoms with Crippen LogP contribution in [0, 0.1) is 11.3 Å². The monoisotopic (exact) mass is 268 g/mol. The van der Waals surface area contributed by atoms with E-state index in [1.54, 1.807) is 12.1 Å². The number of halogens is 2. The van der Waals surface area contributed by atoms with E-state index in [9.17, 15) is 5.26 Å². The van der Waals surface area contributed by atoms with E-state index < -0.39 is 0 Å². The van der Waals surface area contributed by atoms with Crippen LogP contribution in [0.5, 0.6) is 0 Å². The normalized spacial score (nSPS) is 18.6. The molecule has 90 valence electrons. The summed E-state index contributed by atoms with van der Waals surface area (Å²) in [4.78, 5) is 2.21. The summed E-state index contributed by atoms with van der Waals surface area (Å²) in [5.41, 5.74) is 0.934. The standard InChI is InChI=1S/C13H14Cl2N2/c14-11-5-4-10(8-12(11)15)13(9-16)17-6-2-1-3-7-17/h4-5,8,13H,1-3,6-7H2. The summed E-state index contributed by atoms with van der Waals surface area (Å²) < 4.78 is 0. The lowest BCUT2D eigenvalue weighted by Crippen LogP contribution is -2.33. The van der Waals surface area contributed by atoms with Crippen LogP contribution in [0.15, 0.2) is 18.2 Å². The first-order valence-corrected chi connectivity index (χ1v) is 6.56. The summed E-state index contributed by atoms with van der Waals surface area (Å²) in [6.07, 6.45) is 3.59. The average molecular weight is 269 g/mol. The molecule has 0 radical (unpaired) electrons. The van der Waals surface area contributed by atoms with E-state index in [0.29, 0.717) is 10.0 Å². The van der Waals surface area contributed by atoms with Gasteiger partial charge in [0.15, 0.2) is 0 Å². The second-order valence-corrected chi connectivity index (χ2v) is 5.12. The number of hydrogen-bond donors (Lipinski definition) is 0. The van der Waals surface area contributed by atoms with Crippen molar-refractivity contribution in [3.8, 4) is 6.07 Å². The van der Waals surface area contributed by atoms with Crippen molar-refractivity contribution in [3.63, 3.8) is 0 Å². The number of nitriles is 1. The molecule has 0 spiro atoms. The first-order chi connectivity index (χ1) is 8.22. The Labute approximate surface area is 112 Å². The molecule has 0 aliphatic carbocycles. The molecule has 0 saturated carbocycles. The van der Waals surface area contributed by atoms with Crippen molar-refractivity contribution in [3.05, 3.63) is 33.8 Å². The van der Waals surface area contributed by atoms with Gasteiger partial charge in [0, 0.05) is 0 Å². The molecule has 1 aromatic carbocycles. The molecule has 2 rings (SSSR count). The van der Waals surface area contributed by atoms with Crippen LogP contribution in [0.3, 0.4) is 0 Å². The fourth-order valence-corrected chi connectivity index (χ4v) is 2.53. The highest BCUT2D eigenvalue weighted by atomic mass is 35.5. The van der Waals surface area contributed by atoms with Crippen LogP contribution >= 0.6 is 23.2 Å². The fourth-order valence-electron chi connectivity index (χ4n) is 2.23. The van der Waals surface area contributed by atoms with Gasteiger partial charge in [-0.25, -0.2) is 0 Å². The maximum Gasteiger partial charge on any atom is 0.123 e. The van der Waals surface area contributed by atoms with Gasteiger partial charge in [-0.1, -0.05) is 35.7 Å². The third-order valence-electron chi connectivity index (χ3n) is 3.14. The van der Waals surface area contributed by atoms with Gasteiger partial charge in [0.05, 0.1) is 16.1 Å². The minimum Gasteiger partial charge on any atom is -0.284 e. The molecule has 0 bridgehead atoms.